The maximum atomic E-state index is 11.1. The van der Waals surface area contributed by atoms with Crippen molar-refractivity contribution in [3.8, 4) is 0 Å². The van der Waals surface area contributed by atoms with E-state index in [0.29, 0.717) is 0 Å². The highest BCUT2D eigenvalue weighted by molar-refractivity contribution is 5.82. The highest BCUT2D eigenvalue weighted by Crippen LogP contribution is 2.31. The van der Waals surface area contributed by atoms with E-state index in [0.717, 1.165) is 13.0 Å². The van der Waals surface area contributed by atoms with Crippen LogP contribution in [-0.2, 0) is 14.3 Å². The van der Waals surface area contributed by atoms with E-state index in [-0.39, 0.29) is 17.7 Å². The molecule has 1 atom stereocenters. The zero-order chi connectivity index (χ0) is 9.90. The van der Waals surface area contributed by atoms with E-state index in [4.69, 9.17) is 9.47 Å². The van der Waals surface area contributed by atoms with Crippen molar-refractivity contribution in [3.63, 3.8) is 0 Å². The Morgan fingerprint density at radius 2 is 2.31 bits per heavy atom. The van der Waals surface area contributed by atoms with Gasteiger partial charge < -0.3 is 9.47 Å². The van der Waals surface area contributed by atoms with Crippen LogP contribution < -0.4 is 0 Å². The summed E-state index contributed by atoms with van der Waals surface area (Å²) >= 11 is 0. The first-order valence-electron chi connectivity index (χ1n) is 4.62. The monoisotopic (exact) mass is 184 g/mol. The van der Waals surface area contributed by atoms with Crippen molar-refractivity contribution in [3.05, 3.63) is 12.2 Å². The molecule has 0 aromatic rings. The summed E-state index contributed by atoms with van der Waals surface area (Å²) in [5, 5.41) is 0. The molecular weight excluding hydrogens is 168 g/mol. The fourth-order valence-corrected chi connectivity index (χ4v) is 1.00. The number of ether oxygens (including phenoxy) is 2. The first-order chi connectivity index (χ1) is 6.08. The number of esters is 1. The lowest BCUT2D eigenvalue weighted by Crippen LogP contribution is -2.10. The van der Waals surface area contributed by atoms with Crippen molar-refractivity contribution in [2.45, 2.75) is 38.9 Å². The van der Waals surface area contributed by atoms with Gasteiger partial charge in [0.15, 0.2) is 0 Å². The van der Waals surface area contributed by atoms with Gasteiger partial charge in [0.25, 0.3) is 0 Å². The van der Waals surface area contributed by atoms with Crippen molar-refractivity contribution in [2.24, 2.45) is 0 Å². The molecule has 1 aliphatic heterocycles. The summed E-state index contributed by atoms with van der Waals surface area (Å²) in [5.74, 6) is -0.293. The van der Waals surface area contributed by atoms with Crippen LogP contribution >= 0.6 is 0 Å². The quantitative estimate of drug-likeness (QED) is 0.379. The van der Waals surface area contributed by atoms with Crippen LogP contribution in [0, 0.1) is 0 Å². The molecule has 0 aromatic heterocycles. The van der Waals surface area contributed by atoms with Crippen molar-refractivity contribution in [1.29, 1.82) is 0 Å². The van der Waals surface area contributed by atoms with E-state index < -0.39 is 0 Å². The van der Waals surface area contributed by atoms with Gasteiger partial charge in [-0.2, -0.15) is 0 Å². The fraction of sp³-hybridized carbons (Fsp3) is 0.700. The Hall–Kier alpha value is -0.830. The maximum absolute atomic E-state index is 11.1. The van der Waals surface area contributed by atoms with Crippen LogP contribution in [0.5, 0.6) is 0 Å². The molecule has 74 valence electrons. The number of hydrogen-bond donors (Lipinski definition) is 0. The first-order valence-corrected chi connectivity index (χ1v) is 4.62. The molecule has 0 bridgehead atoms. The number of rotatable bonds is 4. The zero-order valence-corrected chi connectivity index (χ0v) is 8.37. The van der Waals surface area contributed by atoms with Crippen LogP contribution in [0.2, 0.25) is 0 Å². The molecule has 0 spiro atoms. The topological polar surface area (TPSA) is 38.8 Å². The van der Waals surface area contributed by atoms with Gasteiger partial charge in [0.05, 0.1) is 12.7 Å². The Morgan fingerprint density at radius 3 is 2.69 bits per heavy atom. The number of hydrogen-bond acceptors (Lipinski definition) is 3. The Labute approximate surface area is 78.7 Å². The third-order valence-electron chi connectivity index (χ3n) is 1.99. The molecule has 1 saturated heterocycles. The molecule has 13 heavy (non-hydrogen) atoms. The van der Waals surface area contributed by atoms with Crippen molar-refractivity contribution in [2.75, 3.05) is 6.61 Å². The smallest absolute Gasteiger partial charge is 0.330 e. The Bertz CT molecular complexity index is 214. The van der Waals surface area contributed by atoms with Gasteiger partial charge in [-0.25, -0.2) is 4.79 Å². The normalized spacial score (nSPS) is 26.8. The van der Waals surface area contributed by atoms with Crippen molar-refractivity contribution in [1.82, 2.24) is 0 Å². The molecule has 0 aliphatic carbocycles. The van der Waals surface area contributed by atoms with Gasteiger partial charge in [-0.3, -0.25) is 0 Å². The van der Waals surface area contributed by atoms with Crippen LogP contribution in [-0.4, -0.2) is 24.3 Å². The van der Waals surface area contributed by atoms with E-state index >= 15 is 0 Å². The minimum Gasteiger partial charge on any atom is -0.460 e. The van der Waals surface area contributed by atoms with Crippen LogP contribution in [0.15, 0.2) is 12.2 Å². The molecule has 0 amide bonds. The van der Waals surface area contributed by atoms with Gasteiger partial charge in [-0.05, 0) is 26.3 Å². The van der Waals surface area contributed by atoms with Crippen molar-refractivity contribution < 1.29 is 14.3 Å². The second-order valence-corrected chi connectivity index (χ2v) is 3.53. The third-order valence-corrected chi connectivity index (χ3v) is 1.99. The van der Waals surface area contributed by atoms with Crippen LogP contribution in [0.25, 0.3) is 0 Å². The Morgan fingerprint density at radius 1 is 1.69 bits per heavy atom. The molecule has 1 unspecified atom stereocenters. The van der Waals surface area contributed by atoms with E-state index in [2.05, 4.69) is 0 Å². The highest BCUT2D eigenvalue weighted by atomic mass is 16.6. The van der Waals surface area contributed by atoms with Gasteiger partial charge in [0, 0.05) is 6.08 Å². The predicted octanol–water partition coefficient (Wildman–Crippen LogP) is 1.67. The minimum absolute atomic E-state index is 0.0603. The molecule has 0 N–H and O–H groups in total. The largest absolute Gasteiger partial charge is 0.460 e. The third kappa shape index (κ3) is 3.19. The Balaban J connectivity index is 2.35. The van der Waals surface area contributed by atoms with Gasteiger partial charge in [0.1, 0.15) is 5.60 Å². The molecule has 0 aromatic carbocycles. The summed E-state index contributed by atoms with van der Waals surface area (Å²) in [7, 11) is 0. The molecule has 3 heteroatoms. The molecule has 3 nitrogen and oxygen atoms in total. The van der Waals surface area contributed by atoms with Gasteiger partial charge in [-0.1, -0.05) is 6.92 Å². The van der Waals surface area contributed by atoms with Gasteiger partial charge in [0.2, 0.25) is 0 Å². The molecule has 1 heterocycles. The second-order valence-electron chi connectivity index (χ2n) is 3.53. The van der Waals surface area contributed by atoms with Gasteiger partial charge >= 0.3 is 5.97 Å². The molecule has 0 radical (unpaired) electrons. The average Bonchev–Trinajstić information content (AvgIpc) is 2.80. The molecule has 0 saturated carbocycles. The average molecular weight is 184 g/mol. The number of carbonyl (C=O) groups is 1. The second kappa shape index (κ2) is 3.92. The van der Waals surface area contributed by atoms with Crippen molar-refractivity contribution >= 4 is 5.97 Å². The SMILES string of the molecule is CCC1(/C=C/C(=O)OC(C)C)CO1. The lowest BCUT2D eigenvalue weighted by molar-refractivity contribution is -0.141. The maximum Gasteiger partial charge on any atom is 0.330 e. The van der Waals surface area contributed by atoms with Gasteiger partial charge in [-0.15, -0.1) is 0 Å². The Kier molecular flexibility index (Phi) is 3.09. The number of carbonyl (C=O) groups excluding carboxylic acids is 1. The predicted molar refractivity (Wildman–Crippen MR) is 49.3 cm³/mol. The minimum atomic E-state index is -0.293. The zero-order valence-electron chi connectivity index (χ0n) is 8.37. The molecule has 1 fully saturated rings. The molecular formula is C10H16O3. The lowest BCUT2D eigenvalue weighted by Gasteiger charge is -2.05. The van der Waals surface area contributed by atoms with Crippen LogP contribution in [0.4, 0.5) is 0 Å². The summed E-state index contributed by atoms with van der Waals surface area (Å²) in [4.78, 5) is 11.1. The highest BCUT2D eigenvalue weighted by Gasteiger charge is 2.40. The summed E-state index contributed by atoms with van der Waals surface area (Å²) in [6.45, 7) is 6.41. The van der Waals surface area contributed by atoms with E-state index in [1.807, 2.05) is 20.8 Å². The van der Waals surface area contributed by atoms with E-state index in [1.165, 1.54) is 6.08 Å². The first kappa shape index (κ1) is 10.3. The molecule has 1 aliphatic rings. The summed E-state index contributed by atoms with van der Waals surface area (Å²) in [6.07, 6.45) is 4.09. The summed E-state index contributed by atoms with van der Waals surface area (Å²) < 4.78 is 10.1. The standard InChI is InChI=1S/C10H16O3/c1-4-10(7-12-10)6-5-9(11)13-8(2)3/h5-6,8H,4,7H2,1-3H3/b6-5+. The van der Waals surface area contributed by atoms with Crippen LogP contribution in [0.1, 0.15) is 27.2 Å². The summed E-state index contributed by atoms with van der Waals surface area (Å²) in [5.41, 5.74) is -0.171. The van der Waals surface area contributed by atoms with E-state index in [1.54, 1.807) is 6.08 Å². The summed E-state index contributed by atoms with van der Waals surface area (Å²) in [6, 6.07) is 0. The number of epoxide rings is 1. The lowest BCUT2D eigenvalue weighted by atomic mass is 10.1. The molecule has 1 rings (SSSR count). The fourth-order valence-electron chi connectivity index (χ4n) is 1.00. The van der Waals surface area contributed by atoms with E-state index in [9.17, 15) is 4.79 Å². The van der Waals surface area contributed by atoms with Crippen LogP contribution in [0.3, 0.4) is 0 Å².